The second kappa shape index (κ2) is 3.14. The van der Waals surface area contributed by atoms with Crippen LogP contribution in [0.2, 0.25) is 0 Å². The van der Waals surface area contributed by atoms with Crippen LogP contribution in [-0.4, -0.2) is 20.2 Å². The Bertz CT molecular complexity index is 202. The van der Waals surface area contributed by atoms with Crippen molar-refractivity contribution in [1.82, 2.24) is 20.2 Å². The van der Waals surface area contributed by atoms with Gasteiger partial charge in [0.15, 0.2) is 0 Å². The number of aromatic nitrogens is 4. The van der Waals surface area contributed by atoms with Crippen LogP contribution in [0.5, 0.6) is 0 Å². The average molecular weight is 313 g/mol. The molecular weight excluding hydrogens is 309 g/mol. The number of H-pyrrole nitrogens is 1. The molecule has 1 aromatic rings. The van der Waals surface area contributed by atoms with E-state index >= 15 is 0 Å². The van der Waals surface area contributed by atoms with Crippen LogP contribution >= 0.6 is 12.2 Å². The van der Waals surface area contributed by atoms with E-state index in [9.17, 15) is 0 Å². The Kier molecular flexibility index (Phi) is 3.15. The fourth-order valence-corrected chi connectivity index (χ4v) is 0.324. The summed E-state index contributed by atoms with van der Waals surface area (Å²) in [4.78, 5) is 0. The molecule has 0 fully saturated rings. The summed E-state index contributed by atoms with van der Waals surface area (Å²) in [6, 6.07) is 0. The van der Waals surface area contributed by atoms with E-state index in [1.54, 1.807) is 11.7 Å². The third kappa shape index (κ3) is 1.52. The van der Waals surface area contributed by atoms with Crippen LogP contribution in [0.4, 0.5) is 0 Å². The van der Waals surface area contributed by atoms with Crippen molar-refractivity contribution in [3.8, 4) is 0 Å². The van der Waals surface area contributed by atoms with E-state index in [0.29, 0.717) is 4.77 Å². The average Bonchev–Trinajstić information content (AvgIpc) is 1.91. The monoisotopic (exact) mass is 313 g/mol. The van der Waals surface area contributed by atoms with E-state index in [4.69, 9.17) is 0 Å². The van der Waals surface area contributed by atoms with Gasteiger partial charge in [-0.25, -0.2) is 4.68 Å². The first-order valence-electron chi connectivity index (χ1n) is 1.75. The predicted molar refractivity (Wildman–Crippen MR) is 26.2 cm³/mol. The van der Waals surface area contributed by atoms with Crippen molar-refractivity contribution >= 4 is 12.2 Å². The number of hydrogen-bond donors (Lipinski definition) is 1. The van der Waals surface area contributed by atoms with Gasteiger partial charge < -0.3 is 0 Å². The van der Waals surface area contributed by atoms with E-state index in [1.165, 1.54) is 0 Å². The topological polar surface area (TPSA) is 46.5 Å². The maximum atomic E-state index is 4.64. The number of hydrogen-bond acceptors (Lipinski definition) is 3. The first-order chi connectivity index (χ1) is 3.30. The molecule has 1 N–H and O–H groups in total. The quantitative estimate of drug-likeness (QED) is 0.536. The first-order valence-corrected chi connectivity index (χ1v) is 2.15. The molecule has 0 spiro atoms. The van der Waals surface area contributed by atoms with E-state index in [1.807, 2.05) is 0 Å². The zero-order valence-corrected chi connectivity index (χ0v) is 7.03. The Hall–Kier alpha value is 0.0303. The Morgan fingerprint density at radius 3 is 2.50 bits per heavy atom. The number of nitrogens with zero attached hydrogens (tertiary/aromatic N) is 3. The molecule has 0 aliphatic heterocycles. The summed E-state index contributed by atoms with van der Waals surface area (Å²) in [5, 5.41) is 9.41. The molecule has 0 bridgehead atoms. The number of tetrazole rings is 1. The van der Waals surface area contributed by atoms with E-state index < -0.39 is 0 Å². The Labute approximate surface area is 66.8 Å². The molecule has 0 saturated heterocycles. The Balaban J connectivity index is 0.000000490. The summed E-state index contributed by atoms with van der Waals surface area (Å²) in [6.45, 7) is 0. The number of aromatic amines is 1. The van der Waals surface area contributed by atoms with Crippen molar-refractivity contribution in [2.45, 2.75) is 0 Å². The van der Waals surface area contributed by atoms with Crippen LogP contribution in [-0.2, 0) is 29.4 Å². The third-order valence-corrected chi connectivity index (χ3v) is 0.973. The standard InChI is InChI=1S/C2H4N4S.Au/c1-6-2(7)3-4-5-6;/h1H3,(H,3,5,7);. The van der Waals surface area contributed by atoms with Gasteiger partial charge in [-0.1, -0.05) is 10.3 Å². The molecule has 1 heterocycles. The van der Waals surface area contributed by atoms with Gasteiger partial charge in [-0.3, -0.25) is 0 Å². The fraction of sp³-hybridized carbons (Fsp3) is 0.500. The summed E-state index contributed by atoms with van der Waals surface area (Å²) in [7, 11) is 1.75. The van der Waals surface area contributed by atoms with Gasteiger partial charge in [0.2, 0.25) is 4.77 Å². The molecule has 1 rings (SSSR count). The maximum absolute atomic E-state index is 4.64. The molecule has 0 aliphatic carbocycles. The molecular formula is C2H4AuN4S. The molecule has 6 heteroatoms. The van der Waals surface area contributed by atoms with Crippen molar-refractivity contribution in [1.29, 1.82) is 0 Å². The van der Waals surface area contributed by atoms with Gasteiger partial charge in [-0.15, -0.1) is 0 Å². The van der Waals surface area contributed by atoms with Crippen LogP contribution in [0.15, 0.2) is 0 Å². The summed E-state index contributed by atoms with van der Waals surface area (Å²) in [5.74, 6) is 0. The SMILES string of the molecule is Cn1[nH]nnc1=S.[Au]. The molecule has 0 unspecified atom stereocenters. The van der Waals surface area contributed by atoms with Crippen molar-refractivity contribution in [2.75, 3.05) is 0 Å². The number of nitrogens with one attached hydrogen (secondary N) is 1. The minimum Gasteiger partial charge on any atom is -0.246 e. The molecule has 0 aromatic carbocycles. The van der Waals surface area contributed by atoms with Gasteiger partial charge in [0, 0.05) is 29.4 Å². The second-order valence-electron chi connectivity index (χ2n) is 1.14. The van der Waals surface area contributed by atoms with Gasteiger partial charge >= 0.3 is 0 Å². The van der Waals surface area contributed by atoms with Gasteiger partial charge in [0.05, 0.1) is 0 Å². The first kappa shape index (κ1) is 8.03. The van der Waals surface area contributed by atoms with Crippen molar-refractivity contribution in [3.63, 3.8) is 0 Å². The molecule has 8 heavy (non-hydrogen) atoms. The van der Waals surface area contributed by atoms with Crippen molar-refractivity contribution < 1.29 is 22.4 Å². The van der Waals surface area contributed by atoms with E-state index in [-0.39, 0.29) is 22.4 Å². The molecule has 0 atom stereocenters. The fourth-order valence-electron chi connectivity index (χ4n) is 0.242. The molecule has 1 aromatic heterocycles. The van der Waals surface area contributed by atoms with Crippen LogP contribution in [0.1, 0.15) is 0 Å². The van der Waals surface area contributed by atoms with Gasteiger partial charge in [0.25, 0.3) is 0 Å². The van der Waals surface area contributed by atoms with Crippen molar-refractivity contribution in [3.05, 3.63) is 4.77 Å². The van der Waals surface area contributed by atoms with Gasteiger partial charge in [-0.05, 0) is 12.2 Å². The van der Waals surface area contributed by atoms with Crippen LogP contribution in [0.25, 0.3) is 0 Å². The molecule has 4 nitrogen and oxygen atoms in total. The predicted octanol–water partition coefficient (Wildman–Crippen LogP) is -0.130. The Morgan fingerprint density at radius 1 is 1.75 bits per heavy atom. The van der Waals surface area contributed by atoms with E-state index in [0.717, 1.165) is 0 Å². The second-order valence-corrected chi connectivity index (χ2v) is 1.51. The van der Waals surface area contributed by atoms with Crippen molar-refractivity contribution in [2.24, 2.45) is 7.05 Å². The molecule has 0 aliphatic rings. The molecule has 0 saturated carbocycles. The minimum atomic E-state index is 0. The van der Waals surface area contributed by atoms with Crippen LogP contribution in [0.3, 0.4) is 0 Å². The molecule has 49 valence electrons. The zero-order valence-electron chi connectivity index (χ0n) is 4.05. The summed E-state index contributed by atoms with van der Waals surface area (Å²) in [5.41, 5.74) is 0. The van der Waals surface area contributed by atoms with Crippen LogP contribution < -0.4 is 0 Å². The summed E-state index contributed by atoms with van der Waals surface area (Å²) >= 11 is 4.64. The van der Waals surface area contributed by atoms with Crippen LogP contribution in [0, 0.1) is 4.77 Å². The zero-order chi connectivity index (χ0) is 5.28. The minimum absolute atomic E-state index is 0. The number of rotatable bonds is 0. The van der Waals surface area contributed by atoms with E-state index in [2.05, 4.69) is 27.7 Å². The largest absolute Gasteiger partial charge is 0.246 e. The van der Waals surface area contributed by atoms with Gasteiger partial charge in [0.1, 0.15) is 0 Å². The summed E-state index contributed by atoms with van der Waals surface area (Å²) in [6.07, 6.45) is 0. The molecule has 0 amide bonds. The third-order valence-electron chi connectivity index (χ3n) is 0.617. The maximum Gasteiger partial charge on any atom is 0.237 e. The molecule has 1 radical (unpaired) electrons. The summed E-state index contributed by atoms with van der Waals surface area (Å²) < 4.78 is 2.02. The van der Waals surface area contributed by atoms with Gasteiger partial charge in [-0.2, -0.15) is 5.21 Å². The Morgan fingerprint density at radius 2 is 2.38 bits per heavy atom. The normalized spacial score (nSPS) is 8.12. The number of aryl methyl sites for hydroxylation is 1. The smallest absolute Gasteiger partial charge is 0.237 e.